The average Bonchev–Trinajstić information content (AvgIpc) is 3.55. The molecule has 9 aromatic rings. The van der Waals surface area contributed by atoms with Crippen molar-refractivity contribution in [3.05, 3.63) is 188 Å². The molecule has 1 aromatic heterocycles. The highest BCUT2D eigenvalue weighted by Gasteiger charge is 2.21. The lowest BCUT2D eigenvalue weighted by Crippen LogP contribution is -2.11. The summed E-state index contributed by atoms with van der Waals surface area (Å²) in [6, 6.07) is 68.1. The van der Waals surface area contributed by atoms with Crippen molar-refractivity contribution in [2.75, 3.05) is 4.90 Å². The summed E-state index contributed by atoms with van der Waals surface area (Å²) in [5.41, 5.74) is 10.7. The van der Waals surface area contributed by atoms with Gasteiger partial charge in [-0.15, -0.1) is 11.3 Å². The minimum atomic E-state index is 1.12. The standard InChI is InChI=1S/C46H31NS/c1-4-13-32(14-5-1)34-23-27-37(28-24-34)47(38-29-25-35(26-30-38)33-15-6-2-7-16-33)43-21-12-20-40-45(43)41(36-17-8-3-9-18-36)31-42-39-19-10-11-22-44(39)48-46(40)42/h1-31H. The van der Waals surface area contributed by atoms with Gasteiger partial charge < -0.3 is 4.90 Å². The van der Waals surface area contributed by atoms with E-state index in [9.17, 15) is 0 Å². The van der Waals surface area contributed by atoms with Crippen molar-refractivity contribution >= 4 is 59.3 Å². The summed E-state index contributed by atoms with van der Waals surface area (Å²) in [6.45, 7) is 0. The predicted octanol–water partition coefficient (Wildman–Crippen LogP) is 13.7. The van der Waals surface area contributed by atoms with E-state index in [1.165, 1.54) is 64.3 Å². The fourth-order valence-electron chi connectivity index (χ4n) is 6.96. The summed E-state index contributed by atoms with van der Waals surface area (Å²) in [5.74, 6) is 0. The van der Waals surface area contributed by atoms with E-state index in [0.29, 0.717) is 0 Å². The monoisotopic (exact) mass is 629 g/mol. The second-order valence-corrected chi connectivity index (χ2v) is 13.2. The van der Waals surface area contributed by atoms with Crippen molar-refractivity contribution in [1.29, 1.82) is 0 Å². The molecule has 48 heavy (non-hydrogen) atoms. The van der Waals surface area contributed by atoms with Crippen LogP contribution >= 0.6 is 11.3 Å². The molecule has 0 saturated heterocycles. The van der Waals surface area contributed by atoms with Gasteiger partial charge in [0.05, 0.1) is 5.69 Å². The highest BCUT2D eigenvalue weighted by molar-refractivity contribution is 7.26. The van der Waals surface area contributed by atoms with E-state index in [2.05, 4.69) is 193 Å². The van der Waals surface area contributed by atoms with Gasteiger partial charge in [-0.2, -0.15) is 0 Å². The maximum atomic E-state index is 2.43. The SMILES string of the molecule is c1ccc(-c2ccc(N(c3ccc(-c4ccccc4)cc3)c3cccc4c3c(-c3ccccc3)cc3c5ccccc5sc43)cc2)cc1. The molecule has 1 heterocycles. The molecule has 1 nitrogen and oxygen atoms in total. The van der Waals surface area contributed by atoms with Gasteiger partial charge in [-0.05, 0) is 75.8 Å². The quantitative estimate of drug-likeness (QED) is 0.177. The second kappa shape index (κ2) is 12.0. The molecular weight excluding hydrogens is 599 g/mol. The van der Waals surface area contributed by atoms with Crippen molar-refractivity contribution in [3.63, 3.8) is 0 Å². The van der Waals surface area contributed by atoms with Crippen LogP contribution in [0.4, 0.5) is 17.1 Å². The van der Waals surface area contributed by atoms with Crippen LogP contribution in [0.25, 0.3) is 64.3 Å². The van der Waals surface area contributed by atoms with Crippen LogP contribution < -0.4 is 4.90 Å². The molecule has 9 rings (SSSR count). The van der Waals surface area contributed by atoms with Crippen LogP contribution in [-0.4, -0.2) is 0 Å². The van der Waals surface area contributed by atoms with Crippen LogP contribution in [0.15, 0.2) is 188 Å². The van der Waals surface area contributed by atoms with E-state index in [1.54, 1.807) is 0 Å². The first-order valence-electron chi connectivity index (χ1n) is 16.4. The molecule has 0 radical (unpaired) electrons. The molecule has 0 N–H and O–H groups in total. The van der Waals surface area contributed by atoms with Gasteiger partial charge in [0.2, 0.25) is 0 Å². The highest BCUT2D eigenvalue weighted by atomic mass is 32.1. The number of hydrogen-bond acceptors (Lipinski definition) is 2. The molecule has 226 valence electrons. The molecule has 0 unspecified atom stereocenters. The fourth-order valence-corrected chi connectivity index (χ4v) is 8.18. The molecule has 0 bridgehead atoms. The first kappa shape index (κ1) is 28.3. The largest absolute Gasteiger partial charge is 0.310 e. The first-order chi connectivity index (χ1) is 23.8. The van der Waals surface area contributed by atoms with Crippen LogP contribution in [0.2, 0.25) is 0 Å². The van der Waals surface area contributed by atoms with E-state index in [0.717, 1.165) is 17.1 Å². The topological polar surface area (TPSA) is 3.24 Å². The van der Waals surface area contributed by atoms with Gasteiger partial charge in [-0.25, -0.2) is 0 Å². The number of rotatable bonds is 6. The number of thiophene rings is 1. The van der Waals surface area contributed by atoms with Gasteiger partial charge in [0.15, 0.2) is 0 Å². The number of fused-ring (bicyclic) bond motifs is 5. The van der Waals surface area contributed by atoms with Crippen LogP contribution in [-0.2, 0) is 0 Å². The normalized spacial score (nSPS) is 11.3. The van der Waals surface area contributed by atoms with E-state index >= 15 is 0 Å². The number of benzene rings is 8. The maximum Gasteiger partial charge on any atom is 0.0546 e. The smallest absolute Gasteiger partial charge is 0.0546 e. The van der Waals surface area contributed by atoms with E-state index in [1.807, 2.05) is 11.3 Å². The third-order valence-corrected chi connectivity index (χ3v) is 10.5. The Labute approximate surface area is 284 Å². The lowest BCUT2D eigenvalue weighted by Gasteiger charge is -2.28. The Morgan fingerprint density at radius 3 is 1.42 bits per heavy atom. The molecule has 0 amide bonds. The average molecular weight is 630 g/mol. The summed E-state index contributed by atoms with van der Waals surface area (Å²) in [7, 11) is 0. The zero-order valence-electron chi connectivity index (χ0n) is 26.3. The van der Waals surface area contributed by atoms with Gasteiger partial charge >= 0.3 is 0 Å². The molecule has 8 aromatic carbocycles. The third-order valence-electron chi connectivity index (χ3n) is 9.27. The third kappa shape index (κ3) is 4.95. The lowest BCUT2D eigenvalue weighted by molar-refractivity contribution is 1.30. The summed E-state index contributed by atoms with van der Waals surface area (Å²) < 4.78 is 2.64. The van der Waals surface area contributed by atoms with Crippen LogP contribution in [0.1, 0.15) is 0 Å². The summed E-state index contributed by atoms with van der Waals surface area (Å²) >= 11 is 1.89. The summed E-state index contributed by atoms with van der Waals surface area (Å²) in [6.07, 6.45) is 0. The molecule has 2 heteroatoms. The van der Waals surface area contributed by atoms with Gasteiger partial charge in [0.25, 0.3) is 0 Å². The van der Waals surface area contributed by atoms with Gasteiger partial charge in [0.1, 0.15) is 0 Å². The zero-order valence-corrected chi connectivity index (χ0v) is 27.1. The number of anilines is 3. The van der Waals surface area contributed by atoms with E-state index in [4.69, 9.17) is 0 Å². The van der Waals surface area contributed by atoms with E-state index in [-0.39, 0.29) is 0 Å². The molecule has 0 aliphatic carbocycles. The number of hydrogen-bond donors (Lipinski definition) is 0. The summed E-state index contributed by atoms with van der Waals surface area (Å²) in [4.78, 5) is 2.43. The predicted molar refractivity (Wildman–Crippen MR) is 208 cm³/mol. The van der Waals surface area contributed by atoms with Gasteiger partial charge in [-0.1, -0.05) is 146 Å². The Bertz CT molecular complexity index is 2430. The zero-order chi connectivity index (χ0) is 31.9. The van der Waals surface area contributed by atoms with Crippen molar-refractivity contribution in [2.24, 2.45) is 0 Å². The molecular formula is C46H31NS. The molecule has 0 aliphatic rings. The van der Waals surface area contributed by atoms with Crippen LogP contribution in [0.3, 0.4) is 0 Å². The van der Waals surface area contributed by atoms with Crippen molar-refractivity contribution in [1.82, 2.24) is 0 Å². The van der Waals surface area contributed by atoms with Gasteiger partial charge in [0, 0.05) is 42.3 Å². The Balaban J connectivity index is 1.31. The van der Waals surface area contributed by atoms with E-state index < -0.39 is 0 Å². The Kier molecular flexibility index (Phi) is 7.07. The minimum Gasteiger partial charge on any atom is -0.310 e. The Morgan fingerprint density at radius 1 is 0.354 bits per heavy atom. The van der Waals surface area contributed by atoms with Crippen molar-refractivity contribution in [3.8, 4) is 33.4 Å². The fraction of sp³-hybridized carbons (Fsp3) is 0. The molecule has 0 fully saturated rings. The second-order valence-electron chi connectivity index (χ2n) is 12.1. The molecule has 0 spiro atoms. The highest BCUT2D eigenvalue weighted by Crippen LogP contribution is 2.48. The summed E-state index contributed by atoms with van der Waals surface area (Å²) in [5, 5.41) is 5.15. The molecule has 0 aliphatic heterocycles. The Hall–Kier alpha value is -5.96. The number of nitrogens with zero attached hydrogens (tertiary/aromatic N) is 1. The maximum absolute atomic E-state index is 2.43. The van der Waals surface area contributed by atoms with Crippen molar-refractivity contribution < 1.29 is 0 Å². The van der Waals surface area contributed by atoms with Gasteiger partial charge in [-0.3, -0.25) is 0 Å². The first-order valence-corrected chi connectivity index (χ1v) is 17.2. The lowest BCUT2D eigenvalue weighted by atomic mass is 9.93. The molecule has 0 saturated carbocycles. The van der Waals surface area contributed by atoms with Crippen LogP contribution in [0, 0.1) is 0 Å². The van der Waals surface area contributed by atoms with Crippen molar-refractivity contribution in [2.45, 2.75) is 0 Å². The minimum absolute atomic E-state index is 1.12. The van der Waals surface area contributed by atoms with Crippen LogP contribution in [0.5, 0.6) is 0 Å². The molecule has 0 atom stereocenters. The Morgan fingerprint density at radius 2 is 0.833 bits per heavy atom.